The minimum atomic E-state index is -0.101. The van der Waals surface area contributed by atoms with Crippen molar-refractivity contribution in [2.75, 3.05) is 26.7 Å². The first-order valence-corrected chi connectivity index (χ1v) is 5.69. The Kier molecular flexibility index (Phi) is 5.45. The van der Waals surface area contributed by atoms with Crippen LogP contribution in [-0.4, -0.2) is 49.0 Å². The van der Waals surface area contributed by atoms with E-state index >= 15 is 0 Å². The van der Waals surface area contributed by atoms with Crippen LogP contribution >= 0.6 is 0 Å². The van der Waals surface area contributed by atoms with Gasteiger partial charge in [-0.25, -0.2) is 0 Å². The van der Waals surface area contributed by atoms with Gasteiger partial charge in [-0.05, 0) is 32.2 Å². The van der Waals surface area contributed by atoms with Crippen molar-refractivity contribution in [3.05, 3.63) is 0 Å². The van der Waals surface area contributed by atoms with E-state index in [1.807, 2.05) is 6.92 Å². The zero-order chi connectivity index (χ0) is 10.4. The van der Waals surface area contributed by atoms with Crippen LogP contribution in [-0.2, 0) is 4.74 Å². The van der Waals surface area contributed by atoms with Crippen LogP contribution in [0.5, 0.6) is 0 Å². The molecule has 1 fully saturated rings. The summed E-state index contributed by atoms with van der Waals surface area (Å²) >= 11 is 0. The first-order chi connectivity index (χ1) is 6.76. The average molecular weight is 201 g/mol. The minimum Gasteiger partial charge on any atom is -0.393 e. The topological polar surface area (TPSA) is 32.7 Å². The summed E-state index contributed by atoms with van der Waals surface area (Å²) < 4.78 is 5.30. The third-order valence-electron chi connectivity index (χ3n) is 3.05. The Morgan fingerprint density at radius 1 is 1.57 bits per heavy atom. The second kappa shape index (κ2) is 6.38. The molecule has 14 heavy (non-hydrogen) atoms. The van der Waals surface area contributed by atoms with E-state index in [4.69, 9.17) is 4.74 Å². The fourth-order valence-corrected chi connectivity index (χ4v) is 1.95. The largest absolute Gasteiger partial charge is 0.393 e. The molecule has 1 aliphatic heterocycles. The average Bonchev–Trinajstić information content (AvgIpc) is 2.65. The SMILES string of the molecule is CCC(O)CCCN1CCC(OC)C1. The van der Waals surface area contributed by atoms with Gasteiger partial charge in [0.25, 0.3) is 0 Å². The van der Waals surface area contributed by atoms with Crippen molar-refractivity contribution >= 4 is 0 Å². The molecular weight excluding hydrogens is 178 g/mol. The van der Waals surface area contributed by atoms with Crippen molar-refractivity contribution in [3.63, 3.8) is 0 Å². The molecule has 84 valence electrons. The van der Waals surface area contributed by atoms with Gasteiger partial charge in [0.2, 0.25) is 0 Å². The molecular formula is C11H23NO2. The number of aliphatic hydroxyl groups is 1. The van der Waals surface area contributed by atoms with Gasteiger partial charge in [0.05, 0.1) is 12.2 Å². The molecule has 1 N–H and O–H groups in total. The van der Waals surface area contributed by atoms with Crippen LogP contribution in [0.15, 0.2) is 0 Å². The molecule has 3 heteroatoms. The Morgan fingerprint density at radius 2 is 2.36 bits per heavy atom. The summed E-state index contributed by atoms with van der Waals surface area (Å²) in [5.41, 5.74) is 0. The lowest BCUT2D eigenvalue weighted by Crippen LogP contribution is -2.24. The van der Waals surface area contributed by atoms with E-state index in [1.165, 1.54) is 0 Å². The zero-order valence-electron chi connectivity index (χ0n) is 9.41. The molecule has 1 aliphatic rings. The van der Waals surface area contributed by atoms with Gasteiger partial charge >= 0.3 is 0 Å². The molecule has 0 radical (unpaired) electrons. The highest BCUT2D eigenvalue weighted by Crippen LogP contribution is 2.13. The van der Waals surface area contributed by atoms with Gasteiger partial charge in [-0.1, -0.05) is 6.92 Å². The van der Waals surface area contributed by atoms with E-state index in [0.29, 0.717) is 6.10 Å². The van der Waals surface area contributed by atoms with Crippen molar-refractivity contribution in [1.82, 2.24) is 4.90 Å². The van der Waals surface area contributed by atoms with Crippen LogP contribution in [0, 0.1) is 0 Å². The molecule has 1 heterocycles. The Balaban J connectivity index is 2.03. The number of rotatable bonds is 6. The van der Waals surface area contributed by atoms with Crippen molar-refractivity contribution in [1.29, 1.82) is 0 Å². The Bertz CT molecular complexity index is 152. The monoisotopic (exact) mass is 201 g/mol. The second-order valence-corrected chi connectivity index (χ2v) is 4.15. The summed E-state index contributed by atoms with van der Waals surface area (Å²) in [6.07, 6.45) is 4.41. The summed E-state index contributed by atoms with van der Waals surface area (Å²) in [5.74, 6) is 0. The molecule has 0 aromatic heterocycles. The van der Waals surface area contributed by atoms with Gasteiger partial charge in [-0.2, -0.15) is 0 Å². The molecule has 0 bridgehead atoms. The summed E-state index contributed by atoms with van der Waals surface area (Å²) in [6.45, 7) is 5.36. The maximum atomic E-state index is 9.39. The van der Waals surface area contributed by atoms with Gasteiger partial charge in [-0.3, -0.25) is 0 Å². The predicted octanol–water partition coefficient (Wildman–Crippen LogP) is 1.26. The molecule has 0 aromatic rings. The molecule has 1 rings (SSSR count). The Hall–Kier alpha value is -0.120. The molecule has 0 amide bonds. The van der Waals surface area contributed by atoms with Crippen LogP contribution in [0.1, 0.15) is 32.6 Å². The van der Waals surface area contributed by atoms with Crippen molar-refractivity contribution < 1.29 is 9.84 Å². The first kappa shape index (κ1) is 12.0. The molecule has 0 aliphatic carbocycles. The van der Waals surface area contributed by atoms with Crippen LogP contribution < -0.4 is 0 Å². The number of hydrogen-bond donors (Lipinski definition) is 1. The van der Waals surface area contributed by atoms with Crippen molar-refractivity contribution in [3.8, 4) is 0 Å². The molecule has 1 saturated heterocycles. The molecule has 0 aromatic carbocycles. The highest BCUT2D eigenvalue weighted by Gasteiger charge is 2.21. The third kappa shape index (κ3) is 3.95. The summed E-state index contributed by atoms with van der Waals surface area (Å²) in [7, 11) is 1.79. The van der Waals surface area contributed by atoms with E-state index in [1.54, 1.807) is 7.11 Å². The quantitative estimate of drug-likeness (QED) is 0.702. The molecule has 2 atom stereocenters. The Morgan fingerprint density at radius 3 is 2.93 bits per heavy atom. The van der Waals surface area contributed by atoms with Gasteiger partial charge in [0.1, 0.15) is 0 Å². The smallest absolute Gasteiger partial charge is 0.0710 e. The van der Waals surface area contributed by atoms with Crippen LogP contribution in [0.25, 0.3) is 0 Å². The molecule has 2 unspecified atom stereocenters. The van der Waals surface area contributed by atoms with Gasteiger partial charge in [0.15, 0.2) is 0 Å². The zero-order valence-corrected chi connectivity index (χ0v) is 9.41. The summed E-state index contributed by atoms with van der Waals surface area (Å²) in [6, 6.07) is 0. The van der Waals surface area contributed by atoms with Crippen molar-refractivity contribution in [2.45, 2.75) is 44.8 Å². The number of hydrogen-bond acceptors (Lipinski definition) is 3. The molecule has 3 nitrogen and oxygen atoms in total. The fourth-order valence-electron chi connectivity index (χ4n) is 1.95. The lowest BCUT2D eigenvalue weighted by Gasteiger charge is -2.16. The summed E-state index contributed by atoms with van der Waals surface area (Å²) in [5, 5.41) is 9.39. The Labute approximate surface area is 87.1 Å². The van der Waals surface area contributed by atoms with E-state index in [0.717, 1.165) is 45.3 Å². The number of nitrogens with zero attached hydrogens (tertiary/aromatic N) is 1. The van der Waals surface area contributed by atoms with E-state index in [9.17, 15) is 5.11 Å². The highest BCUT2D eigenvalue weighted by atomic mass is 16.5. The van der Waals surface area contributed by atoms with Crippen LogP contribution in [0.4, 0.5) is 0 Å². The maximum Gasteiger partial charge on any atom is 0.0710 e. The van der Waals surface area contributed by atoms with Gasteiger partial charge in [-0.15, -0.1) is 0 Å². The van der Waals surface area contributed by atoms with Crippen molar-refractivity contribution in [2.24, 2.45) is 0 Å². The number of likely N-dealkylation sites (tertiary alicyclic amines) is 1. The van der Waals surface area contributed by atoms with E-state index in [2.05, 4.69) is 4.90 Å². The maximum absolute atomic E-state index is 9.39. The first-order valence-electron chi connectivity index (χ1n) is 5.69. The minimum absolute atomic E-state index is 0.101. The number of ether oxygens (including phenoxy) is 1. The fraction of sp³-hybridized carbons (Fsp3) is 1.00. The number of methoxy groups -OCH3 is 1. The van der Waals surface area contributed by atoms with Crippen LogP contribution in [0.3, 0.4) is 0 Å². The number of aliphatic hydroxyl groups excluding tert-OH is 1. The molecule has 0 saturated carbocycles. The predicted molar refractivity (Wildman–Crippen MR) is 57.4 cm³/mol. The highest BCUT2D eigenvalue weighted by molar-refractivity contribution is 4.75. The standard InChI is InChI=1S/C11H23NO2/c1-3-10(13)5-4-7-12-8-6-11(9-12)14-2/h10-11,13H,3-9H2,1-2H3. The lowest BCUT2D eigenvalue weighted by atomic mass is 10.1. The van der Waals surface area contributed by atoms with Crippen LogP contribution in [0.2, 0.25) is 0 Å². The normalized spacial score (nSPS) is 25.5. The van der Waals surface area contributed by atoms with E-state index < -0.39 is 0 Å². The van der Waals surface area contributed by atoms with Gasteiger partial charge < -0.3 is 14.7 Å². The second-order valence-electron chi connectivity index (χ2n) is 4.15. The summed E-state index contributed by atoms with van der Waals surface area (Å²) in [4.78, 5) is 2.43. The van der Waals surface area contributed by atoms with Gasteiger partial charge in [0, 0.05) is 20.2 Å². The third-order valence-corrected chi connectivity index (χ3v) is 3.05. The lowest BCUT2D eigenvalue weighted by molar-refractivity contribution is 0.106. The molecule has 0 spiro atoms. The van der Waals surface area contributed by atoms with E-state index in [-0.39, 0.29) is 6.10 Å².